The van der Waals surface area contributed by atoms with E-state index in [9.17, 15) is 14.0 Å². The monoisotopic (exact) mass is 595 g/mol. The topological polar surface area (TPSA) is 55.8 Å². The Balaban J connectivity index is 1.56. The van der Waals surface area contributed by atoms with E-state index in [2.05, 4.69) is 15.9 Å². The Morgan fingerprint density at radius 2 is 1.83 bits per heavy atom. The number of methoxy groups -OCH3 is 1. The molecule has 1 aliphatic heterocycles. The van der Waals surface area contributed by atoms with E-state index in [1.54, 1.807) is 24.3 Å². The molecule has 0 spiro atoms. The summed E-state index contributed by atoms with van der Waals surface area (Å²) >= 11 is 16.5. The minimum Gasteiger partial charge on any atom is -0.493 e. The van der Waals surface area contributed by atoms with Gasteiger partial charge in [0.15, 0.2) is 11.5 Å². The van der Waals surface area contributed by atoms with Gasteiger partial charge in [0.1, 0.15) is 12.4 Å². The zero-order valence-electron chi connectivity index (χ0n) is 18.2. The lowest BCUT2D eigenvalue weighted by Gasteiger charge is -2.15. The second-order valence-corrected chi connectivity index (χ2v) is 10.0. The van der Waals surface area contributed by atoms with Gasteiger partial charge in [-0.1, -0.05) is 47.5 Å². The first-order chi connectivity index (χ1) is 16.8. The lowest BCUT2D eigenvalue weighted by molar-refractivity contribution is -0.123. The SMILES string of the molecule is COc1cc(/C=C2/SC(=O)N(Cc3c(F)cccc3Cl)C2=O)cc(Br)c1OCc1ccccc1Cl. The van der Waals surface area contributed by atoms with Crippen molar-refractivity contribution < 1.29 is 23.5 Å². The van der Waals surface area contributed by atoms with Gasteiger partial charge in [-0.05, 0) is 69.7 Å². The molecule has 0 N–H and O–H groups in total. The molecule has 1 heterocycles. The Labute approximate surface area is 223 Å². The van der Waals surface area contributed by atoms with Gasteiger partial charge in [0.2, 0.25) is 0 Å². The van der Waals surface area contributed by atoms with Gasteiger partial charge >= 0.3 is 0 Å². The first-order valence-corrected chi connectivity index (χ1v) is 12.6. The van der Waals surface area contributed by atoms with Gasteiger partial charge in [-0.25, -0.2) is 4.39 Å². The third-order valence-electron chi connectivity index (χ3n) is 5.13. The van der Waals surface area contributed by atoms with Crippen LogP contribution in [-0.4, -0.2) is 23.2 Å². The highest BCUT2D eigenvalue weighted by atomic mass is 79.9. The molecule has 2 amide bonds. The molecular formula is C25H17BrCl2FNO4S. The van der Waals surface area contributed by atoms with E-state index in [-0.39, 0.29) is 28.6 Å². The Hall–Kier alpha value is -2.52. The van der Waals surface area contributed by atoms with Crippen molar-refractivity contribution in [2.75, 3.05) is 7.11 Å². The van der Waals surface area contributed by atoms with Gasteiger partial charge in [-0.15, -0.1) is 0 Å². The number of ether oxygens (including phenoxy) is 2. The Kier molecular flexibility index (Phi) is 8.06. The summed E-state index contributed by atoms with van der Waals surface area (Å²) in [5.41, 5.74) is 1.51. The van der Waals surface area contributed by atoms with Crippen LogP contribution in [0.25, 0.3) is 6.08 Å². The maximum absolute atomic E-state index is 14.2. The summed E-state index contributed by atoms with van der Waals surface area (Å²) in [4.78, 5) is 26.6. The number of hydrogen-bond donors (Lipinski definition) is 0. The molecule has 0 unspecified atom stereocenters. The van der Waals surface area contributed by atoms with Gasteiger partial charge in [0.25, 0.3) is 11.1 Å². The largest absolute Gasteiger partial charge is 0.493 e. The molecule has 180 valence electrons. The molecule has 0 atom stereocenters. The number of halogens is 4. The fraction of sp³-hybridized carbons (Fsp3) is 0.120. The van der Waals surface area contributed by atoms with E-state index in [0.29, 0.717) is 26.6 Å². The van der Waals surface area contributed by atoms with Crippen LogP contribution in [0, 0.1) is 5.82 Å². The zero-order valence-corrected chi connectivity index (χ0v) is 22.1. The molecule has 0 bridgehead atoms. The summed E-state index contributed by atoms with van der Waals surface area (Å²) in [5.74, 6) is -0.225. The maximum Gasteiger partial charge on any atom is 0.293 e. The third-order valence-corrected chi connectivity index (χ3v) is 7.35. The van der Waals surface area contributed by atoms with Gasteiger partial charge in [0.05, 0.1) is 23.0 Å². The minimum absolute atomic E-state index is 0.0853. The quantitative estimate of drug-likeness (QED) is 0.261. The molecule has 3 aromatic rings. The number of carbonyl (C=O) groups is 2. The van der Waals surface area contributed by atoms with Gasteiger partial charge in [0, 0.05) is 21.2 Å². The second-order valence-electron chi connectivity index (χ2n) is 7.38. The molecule has 10 heteroatoms. The van der Waals surface area contributed by atoms with Crippen molar-refractivity contribution in [2.24, 2.45) is 0 Å². The van der Waals surface area contributed by atoms with Crippen molar-refractivity contribution in [3.8, 4) is 11.5 Å². The van der Waals surface area contributed by atoms with Gasteiger partial charge < -0.3 is 9.47 Å². The van der Waals surface area contributed by atoms with E-state index in [0.717, 1.165) is 22.2 Å². The predicted octanol–water partition coefficient (Wildman–Crippen LogP) is 7.72. The molecule has 0 radical (unpaired) electrons. The Morgan fingerprint density at radius 1 is 1.09 bits per heavy atom. The highest BCUT2D eigenvalue weighted by Gasteiger charge is 2.36. The number of hydrogen-bond acceptors (Lipinski definition) is 5. The number of thioether (sulfide) groups is 1. The second kappa shape index (κ2) is 11.0. The maximum atomic E-state index is 14.2. The van der Waals surface area contributed by atoms with Crippen LogP contribution in [0.3, 0.4) is 0 Å². The van der Waals surface area contributed by atoms with E-state index in [4.69, 9.17) is 32.7 Å². The highest BCUT2D eigenvalue weighted by Crippen LogP contribution is 2.40. The number of carbonyl (C=O) groups excluding carboxylic acids is 2. The number of nitrogens with zero attached hydrogens (tertiary/aromatic N) is 1. The van der Waals surface area contributed by atoms with Crippen LogP contribution in [0.15, 0.2) is 64.0 Å². The van der Waals surface area contributed by atoms with E-state index in [1.807, 2.05) is 18.2 Å². The van der Waals surface area contributed by atoms with E-state index < -0.39 is 17.0 Å². The normalized spacial score (nSPS) is 14.7. The minimum atomic E-state index is -0.582. The van der Waals surface area contributed by atoms with Gasteiger partial charge in [-0.2, -0.15) is 0 Å². The molecule has 0 aromatic heterocycles. The smallest absolute Gasteiger partial charge is 0.293 e. The van der Waals surface area contributed by atoms with Crippen molar-refractivity contribution >= 4 is 68.1 Å². The first kappa shape index (κ1) is 25.6. The molecule has 5 nitrogen and oxygen atoms in total. The lowest BCUT2D eigenvalue weighted by atomic mass is 10.1. The first-order valence-electron chi connectivity index (χ1n) is 10.2. The van der Waals surface area contributed by atoms with E-state index >= 15 is 0 Å². The molecule has 3 aromatic carbocycles. The molecule has 1 saturated heterocycles. The summed E-state index contributed by atoms with van der Waals surface area (Å²) in [7, 11) is 1.50. The molecule has 4 rings (SSSR count). The van der Waals surface area contributed by atoms with Crippen LogP contribution in [0.4, 0.5) is 9.18 Å². The Morgan fingerprint density at radius 3 is 2.54 bits per heavy atom. The number of benzene rings is 3. The van der Waals surface area contributed by atoms with Crippen molar-refractivity contribution in [2.45, 2.75) is 13.2 Å². The summed E-state index contributed by atoms with van der Waals surface area (Å²) in [6, 6.07) is 15.0. The summed E-state index contributed by atoms with van der Waals surface area (Å²) in [6.07, 6.45) is 1.57. The van der Waals surface area contributed by atoms with Gasteiger partial charge in [-0.3, -0.25) is 14.5 Å². The fourth-order valence-corrected chi connectivity index (χ4v) is 5.18. The molecule has 1 fully saturated rings. The Bertz CT molecular complexity index is 1330. The van der Waals surface area contributed by atoms with Crippen molar-refractivity contribution in [3.63, 3.8) is 0 Å². The van der Waals surface area contributed by atoms with Crippen LogP contribution in [-0.2, 0) is 17.9 Å². The predicted molar refractivity (Wildman–Crippen MR) is 139 cm³/mol. The van der Waals surface area contributed by atoms with Crippen molar-refractivity contribution in [1.82, 2.24) is 4.90 Å². The van der Waals surface area contributed by atoms with E-state index in [1.165, 1.54) is 25.3 Å². The molecule has 1 aliphatic rings. The number of imide groups is 1. The highest BCUT2D eigenvalue weighted by molar-refractivity contribution is 9.10. The summed E-state index contributed by atoms with van der Waals surface area (Å²) in [6.45, 7) is -0.0270. The third kappa shape index (κ3) is 5.67. The van der Waals surface area contributed by atoms with Crippen LogP contribution in [0.1, 0.15) is 16.7 Å². The standard InChI is InChI=1S/C25H17BrCl2FNO4S/c1-33-21-10-14(9-17(26)23(21)34-13-15-5-2-3-6-18(15)27)11-22-24(31)30(25(32)35-22)12-16-19(28)7-4-8-20(16)29/h2-11H,12-13H2,1H3/b22-11+. The van der Waals surface area contributed by atoms with Crippen LogP contribution >= 0.6 is 50.9 Å². The van der Waals surface area contributed by atoms with Crippen LogP contribution in [0.2, 0.25) is 10.0 Å². The fourth-order valence-electron chi connectivity index (χ4n) is 3.36. The van der Waals surface area contributed by atoms with Crippen molar-refractivity contribution in [3.05, 3.63) is 96.5 Å². The summed E-state index contributed by atoms with van der Waals surface area (Å²) in [5, 5.41) is 0.229. The van der Waals surface area contributed by atoms with Crippen LogP contribution in [0.5, 0.6) is 11.5 Å². The zero-order chi connectivity index (χ0) is 25.1. The average Bonchev–Trinajstić information content (AvgIpc) is 3.08. The molecule has 0 aliphatic carbocycles. The number of rotatable bonds is 7. The molecular weight excluding hydrogens is 580 g/mol. The molecule has 35 heavy (non-hydrogen) atoms. The summed E-state index contributed by atoms with van der Waals surface area (Å²) < 4.78 is 26.2. The number of amides is 2. The average molecular weight is 597 g/mol. The van der Waals surface area contributed by atoms with Crippen LogP contribution < -0.4 is 9.47 Å². The van der Waals surface area contributed by atoms with Crippen molar-refractivity contribution in [1.29, 1.82) is 0 Å². The lowest BCUT2D eigenvalue weighted by Crippen LogP contribution is -2.28. The molecule has 0 saturated carbocycles.